The third kappa shape index (κ3) is 2.69. The van der Waals surface area contributed by atoms with Crippen molar-refractivity contribution in [3.05, 3.63) is 76.0 Å². The van der Waals surface area contributed by atoms with Crippen LogP contribution in [-0.2, 0) is 0 Å². The van der Waals surface area contributed by atoms with Gasteiger partial charge in [0.05, 0.1) is 0 Å². The van der Waals surface area contributed by atoms with Gasteiger partial charge in [-0.1, -0.05) is 64.8 Å². The van der Waals surface area contributed by atoms with Gasteiger partial charge in [0.1, 0.15) is 23.8 Å². The SMILES string of the molecule is O/N=C1/C(c2ccccc2)=Nc2ncnn2C1c1ccc(Cl)cc1Cl. The molecule has 0 saturated carbocycles. The standard InChI is InChI=1S/C17H11Cl2N5O/c18-11-6-7-12(13(19)8-11)16-15(23-25)14(10-4-2-1-3-5-10)22-17-20-9-21-24(16)17/h1-9,16,25H/b23-15-. The second-order valence-electron chi connectivity index (χ2n) is 5.38. The summed E-state index contributed by atoms with van der Waals surface area (Å²) in [7, 11) is 0. The van der Waals surface area contributed by atoms with Gasteiger partial charge in [0, 0.05) is 21.2 Å². The van der Waals surface area contributed by atoms with Gasteiger partial charge in [-0.25, -0.2) is 9.67 Å². The molecule has 0 saturated heterocycles. The minimum atomic E-state index is -0.569. The molecular formula is C17H11Cl2N5O. The zero-order valence-corrected chi connectivity index (χ0v) is 14.2. The number of hydrogen-bond donors (Lipinski definition) is 1. The summed E-state index contributed by atoms with van der Waals surface area (Å²) in [6, 6.07) is 14.0. The summed E-state index contributed by atoms with van der Waals surface area (Å²) in [5, 5.41) is 18.4. The molecule has 1 aromatic heterocycles. The van der Waals surface area contributed by atoms with Gasteiger partial charge in [-0.3, -0.25) is 0 Å². The summed E-state index contributed by atoms with van der Waals surface area (Å²) in [6.45, 7) is 0. The van der Waals surface area contributed by atoms with Gasteiger partial charge in [0.25, 0.3) is 0 Å². The molecule has 1 aliphatic rings. The van der Waals surface area contributed by atoms with E-state index in [2.05, 4.69) is 20.2 Å². The number of hydrogen-bond acceptors (Lipinski definition) is 5. The highest BCUT2D eigenvalue weighted by Gasteiger charge is 2.34. The predicted molar refractivity (Wildman–Crippen MR) is 96.5 cm³/mol. The Kier molecular flexibility index (Phi) is 3.99. The number of benzene rings is 2. The molecule has 124 valence electrons. The van der Waals surface area contributed by atoms with Crippen LogP contribution in [0.25, 0.3) is 0 Å². The normalized spacial score (nSPS) is 18.1. The van der Waals surface area contributed by atoms with Crippen molar-refractivity contribution in [3.8, 4) is 0 Å². The maximum Gasteiger partial charge on any atom is 0.249 e. The fraction of sp³-hybridized carbons (Fsp3) is 0.0588. The molecule has 0 bridgehead atoms. The van der Waals surface area contributed by atoms with Gasteiger partial charge in [0.2, 0.25) is 5.95 Å². The quantitative estimate of drug-likeness (QED) is 0.543. The predicted octanol–water partition coefficient (Wildman–Crippen LogP) is 4.14. The van der Waals surface area contributed by atoms with Gasteiger partial charge in [-0.2, -0.15) is 10.1 Å². The smallest absolute Gasteiger partial charge is 0.249 e. The van der Waals surface area contributed by atoms with Gasteiger partial charge in [-0.05, 0) is 12.1 Å². The van der Waals surface area contributed by atoms with E-state index in [9.17, 15) is 5.21 Å². The van der Waals surface area contributed by atoms with E-state index < -0.39 is 6.04 Å². The minimum absolute atomic E-state index is 0.327. The van der Waals surface area contributed by atoms with Gasteiger partial charge < -0.3 is 5.21 Å². The molecule has 1 aliphatic heterocycles. The Labute approximate surface area is 153 Å². The van der Waals surface area contributed by atoms with Crippen molar-refractivity contribution in [1.82, 2.24) is 14.8 Å². The number of aliphatic imine (C=N–C) groups is 1. The second kappa shape index (κ2) is 6.31. The first-order chi connectivity index (χ1) is 12.2. The molecule has 4 rings (SSSR count). The molecule has 2 heterocycles. The van der Waals surface area contributed by atoms with Crippen molar-refractivity contribution in [3.63, 3.8) is 0 Å². The Hall–Kier alpha value is -2.70. The van der Waals surface area contributed by atoms with E-state index >= 15 is 0 Å². The van der Waals surface area contributed by atoms with Crippen molar-refractivity contribution >= 4 is 40.6 Å². The van der Waals surface area contributed by atoms with E-state index in [1.807, 2.05) is 30.3 Å². The highest BCUT2D eigenvalue weighted by atomic mass is 35.5. The van der Waals surface area contributed by atoms with Crippen LogP contribution in [0, 0.1) is 0 Å². The first kappa shape index (κ1) is 15.8. The highest BCUT2D eigenvalue weighted by Crippen LogP contribution is 2.35. The average Bonchev–Trinajstić information content (AvgIpc) is 3.09. The number of fused-ring (bicyclic) bond motifs is 1. The number of oxime groups is 1. The maximum atomic E-state index is 9.74. The van der Waals surface area contributed by atoms with Crippen LogP contribution in [0.1, 0.15) is 17.2 Å². The average molecular weight is 372 g/mol. The lowest BCUT2D eigenvalue weighted by molar-refractivity contribution is 0.316. The van der Waals surface area contributed by atoms with Crippen LogP contribution in [0.2, 0.25) is 10.0 Å². The molecular weight excluding hydrogens is 361 g/mol. The van der Waals surface area contributed by atoms with Gasteiger partial charge >= 0.3 is 0 Å². The largest absolute Gasteiger partial charge is 0.411 e. The third-order valence-corrected chi connectivity index (χ3v) is 4.49. The molecule has 8 heteroatoms. The van der Waals surface area contributed by atoms with E-state index in [0.29, 0.717) is 33.0 Å². The first-order valence-electron chi connectivity index (χ1n) is 7.40. The van der Waals surface area contributed by atoms with Gasteiger partial charge in [-0.15, -0.1) is 0 Å². The van der Waals surface area contributed by atoms with Crippen molar-refractivity contribution in [2.45, 2.75) is 6.04 Å². The molecule has 2 aromatic carbocycles. The Bertz CT molecular complexity index is 997. The molecule has 25 heavy (non-hydrogen) atoms. The molecule has 0 aliphatic carbocycles. The Morgan fingerprint density at radius 2 is 1.88 bits per heavy atom. The van der Waals surface area contributed by atoms with Crippen molar-refractivity contribution in [1.29, 1.82) is 0 Å². The molecule has 3 aromatic rings. The lowest BCUT2D eigenvalue weighted by atomic mass is 9.94. The topological polar surface area (TPSA) is 75.7 Å². The Morgan fingerprint density at radius 3 is 2.60 bits per heavy atom. The van der Waals surface area contributed by atoms with Gasteiger partial charge in [0.15, 0.2) is 0 Å². The van der Waals surface area contributed by atoms with Crippen LogP contribution in [0.3, 0.4) is 0 Å². The maximum absolute atomic E-state index is 9.74. The molecule has 0 radical (unpaired) electrons. The zero-order valence-electron chi connectivity index (χ0n) is 12.7. The van der Waals surface area contributed by atoms with E-state index in [1.165, 1.54) is 6.33 Å². The summed E-state index contributed by atoms with van der Waals surface area (Å²) in [4.78, 5) is 8.68. The van der Waals surface area contributed by atoms with E-state index in [4.69, 9.17) is 23.2 Å². The number of nitrogens with zero attached hydrogens (tertiary/aromatic N) is 5. The van der Waals surface area contributed by atoms with E-state index in [1.54, 1.807) is 22.9 Å². The zero-order chi connectivity index (χ0) is 17.4. The number of aromatic nitrogens is 3. The number of rotatable bonds is 2. The Balaban J connectivity index is 1.94. The molecule has 1 unspecified atom stereocenters. The van der Waals surface area contributed by atoms with Crippen molar-refractivity contribution < 1.29 is 5.21 Å². The molecule has 0 fully saturated rings. The van der Waals surface area contributed by atoms with Crippen LogP contribution in [-0.4, -0.2) is 31.4 Å². The fourth-order valence-corrected chi connectivity index (χ4v) is 3.33. The lowest BCUT2D eigenvalue weighted by Gasteiger charge is -2.25. The van der Waals surface area contributed by atoms with Crippen LogP contribution < -0.4 is 0 Å². The fourth-order valence-electron chi connectivity index (χ4n) is 2.82. The lowest BCUT2D eigenvalue weighted by Crippen LogP contribution is -2.32. The van der Waals surface area contributed by atoms with Crippen molar-refractivity contribution in [2.24, 2.45) is 10.1 Å². The Morgan fingerprint density at radius 1 is 1.08 bits per heavy atom. The first-order valence-corrected chi connectivity index (χ1v) is 8.15. The molecule has 1 atom stereocenters. The van der Waals surface area contributed by atoms with Crippen LogP contribution in [0.4, 0.5) is 5.95 Å². The summed E-state index contributed by atoms with van der Waals surface area (Å²) in [5.74, 6) is 0.405. The number of halogens is 2. The highest BCUT2D eigenvalue weighted by molar-refractivity contribution is 6.51. The molecule has 0 amide bonds. The summed E-state index contributed by atoms with van der Waals surface area (Å²) < 4.78 is 1.57. The second-order valence-corrected chi connectivity index (χ2v) is 6.23. The summed E-state index contributed by atoms with van der Waals surface area (Å²) >= 11 is 12.4. The summed E-state index contributed by atoms with van der Waals surface area (Å²) in [6.07, 6.45) is 1.40. The summed E-state index contributed by atoms with van der Waals surface area (Å²) in [5.41, 5.74) is 2.33. The van der Waals surface area contributed by atoms with Crippen LogP contribution >= 0.6 is 23.2 Å². The van der Waals surface area contributed by atoms with E-state index in [-0.39, 0.29) is 0 Å². The monoisotopic (exact) mass is 371 g/mol. The molecule has 1 N–H and O–H groups in total. The minimum Gasteiger partial charge on any atom is -0.411 e. The van der Waals surface area contributed by atoms with Crippen LogP contribution in [0.15, 0.2) is 65.0 Å². The third-order valence-electron chi connectivity index (χ3n) is 3.92. The van der Waals surface area contributed by atoms with Crippen LogP contribution in [0.5, 0.6) is 0 Å². The molecule has 6 nitrogen and oxygen atoms in total. The molecule has 0 spiro atoms. The van der Waals surface area contributed by atoms with E-state index in [0.717, 1.165) is 5.56 Å². The van der Waals surface area contributed by atoms with Crippen molar-refractivity contribution in [2.75, 3.05) is 0 Å².